The molecule has 0 amide bonds. The quantitative estimate of drug-likeness (QED) is 0.665. The smallest absolute Gasteiger partial charge is 0.231 e. The zero-order valence-electron chi connectivity index (χ0n) is 6.55. The molecule has 0 aliphatic carbocycles. The van der Waals surface area contributed by atoms with Gasteiger partial charge in [0, 0.05) is 0 Å². The van der Waals surface area contributed by atoms with Gasteiger partial charge in [0.25, 0.3) is 0 Å². The van der Waals surface area contributed by atoms with E-state index in [2.05, 4.69) is 16.9 Å². The molecule has 1 aromatic heterocycles. The van der Waals surface area contributed by atoms with Crippen molar-refractivity contribution in [3.63, 3.8) is 0 Å². The second kappa shape index (κ2) is 4.01. The van der Waals surface area contributed by atoms with Gasteiger partial charge >= 0.3 is 0 Å². The average molecular weight is 154 g/mol. The molecule has 0 spiro atoms. The highest BCUT2D eigenvalue weighted by Gasteiger charge is 1.94. The summed E-state index contributed by atoms with van der Waals surface area (Å²) in [4.78, 5) is 7.38. The molecule has 0 aromatic carbocycles. The van der Waals surface area contributed by atoms with Crippen molar-refractivity contribution in [2.45, 2.75) is 26.2 Å². The Morgan fingerprint density at radius 2 is 2.18 bits per heavy atom. The van der Waals surface area contributed by atoms with Crippen molar-refractivity contribution < 1.29 is 4.39 Å². The second-order valence-corrected chi connectivity index (χ2v) is 2.43. The normalized spacial score (nSPS) is 10.0. The van der Waals surface area contributed by atoms with Gasteiger partial charge in [0.1, 0.15) is 0 Å². The maximum Gasteiger partial charge on any atom is 0.231 e. The van der Waals surface area contributed by atoms with Crippen LogP contribution in [-0.2, 0) is 6.42 Å². The number of aromatic nitrogens is 2. The van der Waals surface area contributed by atoms with Crippen molar-refractivity contribution in [2.24, 2.45) is 0 Å². The number of unbranched alkanes of at least 4 members (excludes halogenated alkanes) is 1. The minimum atomic E-state index is -0.509. The molecule has 0 bridgehead atoms. The number of halogens is 1. The highest BCUT2D eigenvalue weighted by molar-refractivity contribution is 4.95. The van der Waals surface area contributed by atoms with E-state index in [1.54, 1.807) is 0 Å². The molecule has 0 aliphatic heterocycles. The van der Waals surface area contributed by atoms with E-state index in [9.17, 15) is 4.39 Å². The Hall–Kier alpha value is -0.990. The lowest BCUT2D eigenvalue weighted by Gasteiger charge is -1.95. The highest BCUT2D eigenvalue weighted by atomic mass is 19.1. The third kappa shape index (κ3) is 2.62. The summed E-state index contributed by atoms with van der Waals surface area (Å²) < 4.78 is 12.2. The van der Waals surface area contributed by atoms with Gasteiger partial charge in [0.15, 0.2) is 0 Å². The standard InChI is InChI=1S/C8H11FN2/c1-2-3-4-7-5-11-8(9)6-10-7/h5-6H,2-4H2,1H3. The zero-order chi connectivity index (χ0) is 8.10. The van der Waals surface area contributed by atoms with Crippen molar-refractivity contribution in [1.82, 2.24) is 9.97 Å². The first kappa shape index (κ1) is 8.11. The number of hydrogen-bond donors (Lipinski definition) is 0. The maximum atomic E-state index is 12.2. The molecule has 1 rings (SSSR count). The van der Waals surface area contributed by atoms with Gasteiger partial charge in [-0.3, -0.25) is 4.98 Å². The number of nitrogens with zero attached hydrogens (tertiary/aromatic N) is 2. The van der Waals surface area contributed by atoms with Crippen LogP contribution in [0.3, 0.4) is 0 Å². The monoisotopic (exact) mass is 154 g/mol. The van der Waals surface area contributed by atoms with E-state index < -0.39 is 5.95 Å². The SMILES string of the molecule is CCCCc1cnc(F)cn1. The molecule has 0 aliphatic rings. The Morgan fingerprint density at radius 3 is 2.73 bits per heavy atom. The zero-order valence-corrected chi connectivity index (χ0v) is 6.55. The lowest BCUT2D eigenvalue weighted by molar-refractivity contribution is 0.572. The number of rotatable bonds is 3. The summed E-state index contributed by atoms with van der Waals surface area (Å²) >= 11 is 0. The Labute approximate surface area is 65.5 Å². The third-order valence-electron chi connectivity index (χ3n) is 1.46. The van der Waals surface area contributed by atoms with Crippen LogP contribution in [0.4, 0.5) is 4.39 Å². The minimum Gasteiger partial charge on any atom is -0.255 e. The van der Waals surface area contributed by atoms with E-state index >= 15 is 0 Å². The number of hydrogen-bond acceptors (Lipinski definition) is 2. The lowest BCUT2D eigenvalue weighted by Crippen LogP contribution is -1.92. The van der Waals surface area contributed by atoms with Crippen LogP contribution in [0.2, 0.25) is 0 Å². The van der Waals surface area contributed by atoms with E-state index in [0.29, 0.717) is 0 Å². The lowest BCUT2D eigenvalue weighted by atomic mass is 10.2. The molecule has 0 fully saturated rings. The molecule has 1 heterocycles. The summed E-state index contributed by atoms with van der Waals surface area (Å²) in [5.74, 6) is -0.509. The van der Waals surface area contributed by atoms with Crippen LogP contribution in [0.1, 0.15) is 25.5 Å². The molecule has 0 N–H and O–H groups in total. The number of aryl methyl sites for hydroxylation is 1. The summed E-state index contributed by atoms with van der Waals surface area (Å²) in [6.07, 6.45) is 5.75. The minimum absolute atomic E-state index is 0.509. The second-order valence-electron chi connectivity index (χ2n) is 2.43. The summed E-state index contributed by atoms with van der Waals surface area (Å²) in [6, 6.07) is 0. The summed E-state index contributed by atoms with van der Waals surface area (Å²) in [6.45, 7) is 2.11. The predicted molar refractivity (Wildman–Crippen MR) is 40.6 cm³/mol. The first-order valence-electron chi connectivity index (χ1n) is 3.79. The summed E-state index contributed by atoms with van der Waals surface area (Å²) in [5, 5.41) is 0. The van der Waals surface area contributed by atoms with Crippen molar-refractivity contribution in [3.8, 4) is 0 Å². The summed E-state index contributed by atoms with van der Waals surface area (Å²) in [7, 11) is 0. The predicted octanol–water partition coefficient (Wildman–Crippen LogP) is 1.96. The molecule has 11 heavy (non-hydrogen) atoms. The van der Waals surface area contributed by atoms with Crippen LogP contribution >= 0.6 is 0 Å². The topological polar surface area (TPSA) is 25.8 Å². The van der Waals surface area contributed by atoms with E-state index in [-0.39, 0.29) is 0 Å². The molecule has 2 nitrogen and oxygen atoms in total. The fourth-order valence-electron chi connectivity index (χ4n) is 0.826. The van der Waals surface area contributed by atoms with E-state index in [0.717, 1.165) is 31.2 Å². The van der Waals surface area contributed by atoms with Crippen LogP contribution in [0.5, 0.6) is 0 Å². The van der Waals surface area contributed by atoms with Gasteiger partial charge in [-0.1, -0.05) is 13.3 Å². The van der Waals surface area contributed by atoms with Gasteiger partial charge in [0.05, 0.1) is 18.1 Å². The Morgan fingerprint density at radius 1 is 1.36 bits per heavy atom. The molecule has 0 saturated carbocycles. The largest absolute Gasteiger partial charge is 0.255 e. The summed E-state index contributed by atoms with van der Waals surface area (Å²) in [5.41, 5.74) is 0.869. The first-order chi connectivity index (χ1) is 5.33. The van der Waals surface area contributed by atoms with Crippen LogP contribution in [-0.4, -0.2) is 9.97 Å². The fraction of sp³-hybridized carbons (Fsp3) is 0.500. The van der Waals surface area contributed by atoms with Crippen molar-refractivity contribution >= 4 is 0 Å². The van der Waals surface area contributed by atoms with Gasteiger partial charge in [0.2, 0.25) is 5.95 Å². The molecular formula is C8H11FN2. The molecule has 0 atom stereocenters. The van der Waals surface area contributed by atoms with Gasteiger partial charge in [-0.05, 0) is 12.8 Å². The van der Waals surface area contributed by atoms with Gasteiger partial charge in [-0.25, -0.2) is 4.98 Å². The van der Waals surface area contributed by atoms with Crippen LogP contribution in [0.15, 0.2) is 12.4 Å². The molecule has 0 saturated heterocycles. The van der Waals surface area contributed by atoms with Crippen LogP contribution in [0, 0.1) is 5.95 Å². The van der Waals surface area contributed by atoms with E-state index in [1.165, 1.54) is 6.20 Å². The molecule has 1 aromatic rings. The van der Waals surface area contributed by atoms with Gasteiger partial charge in [-0.2, -0.15) is 4.39 Å². The van der Waals surface area contributed by atoms with E-state index in [1.807, 2.05) is 0 Å². The fourth-order valence-corrected chi connectivity index (χ4v) is 0.826. The van der Waals surface area contributed by atoms with Crippen LogP contribution < -0.4 is 0 Å². The highest BCUT2D eigenvalue weighted by Crippen LogP contribution is 1.99. The molecule has 3 heteroatoms. The Kier molecular flexibility index (Phi) is 2.95. The van der Waals surface area contributed by atoms with Crippen molar-refractivity contribution in [1.29, 1.82) is 0 Å². The van der Waals surface area contributed by atoms with Crippen molar-refractivity contribution in [2.75, 3.05) is 0 Å². The molecular weight excluding hydrogens is 143 g/mol. The Bertz CT molecular complexity index is 208. The van der Waals surface area contributed by atoms with Gasteiger partial charge in [-0.15, -0.1) is 0 Å². The Balaban J connectivity index is 2.52. The average Bonchev–Trinajstić information content (AvgIpc) is 2.04. The first-order valence-corrected chi connectivity index (χ1v) is 3.79. The third-order valence-corrected chi connectivity index (χ3v) is 1.46. The molecule has 0 radical (unpaired) electrons. The van der Waals surface area contributed by atoms with Gasteiger partial charge < -0.3 is 0 Å². The van der Waals surface area contributed by atoms with E-state index in [4.69, 9.17) is 0 Å². The molecule has 60 valence electrons. The van der Waals surface area contributed by atoms with Crippen molar-refractivity contribution in [3.05, 3.63) is 24.0 Å². The maximum absolute atomic E-state index is 12.2. The molecule has 0 unspecified atom stereocenters. The van der Waals surface area contributed by atoms with Crippen LogP contribution in [0.25, 0.3) is 0 Å².